The van der Waals surface area contributed by atoms with E-state index < -0.39 is 0 Å². The first kappa shape index (κ1) is 16.0. The highest BCUT2D eigenvalue weighted by molar-refractivity contribution is 7.55. The number of rotatable bonds is 0. The van der Waals surface area contributed by atoms with Crippen molar-refractivity contribution in [2.75, 3.05) is 20.0 Å². The summed E-state index contributed by atoms with van der Waals surface area (Å²) in [6.07, 6.45) is 0. The van der Waals surface area contributed by atoms with Crippen LogP contribution in [0.5, 0.6) is 0 Å². The molecular formula is C21H20BP. The topological polar surface area (TPSA) is 0 Å². The summed E-state index contributed by atoms with van der Waals surface area (Å²) in [5.74, 6) is 0. The van der Waals surface area contributed by atoms with E-state index in [1.165, 1.54) is 26.9 Å². The second-order valence-corrected chi connectivity index (χ2v) is 8.96. The average molecular weight is 314 g/mol. The summed E-state index contributed by atoms with van der Waals surface area (Å²) in [6, 6.07) is 23.3. The van der Waals surface area contributed by atoms with Crippen LogP contribution in [0.4, 0.5) is 0 Å². The Balaban J connectivity index is 0.000000354. The van der Waals surface area contributed by atoms with Crippen molar-refractivity contribution in [2.24, 2.45) is 0 Å². The first-order chi connectivity index (χ1) is 11.1. The van der Waals surface area contributed by atoms with Gasteiger partial charge >= 0.3 is 0 Å². The first-order valence-electron chi connectivity index (χ1n) is 7.77. The smallest absolute Gasteiger partial charge is 0.114 e. The first-order valence-corrected chi connectivity index (χ1v) is 10.5. The quantitative estimate of drug-likeness (QED) is 0.179. The van der Waals surface area contributed by atoms with Crippen LogP contribution in [0, 0.1) is 0 Å². The molecule has 0 saturated carbocycles. The Morgan fingerprint density at radius 1 is 0.652 bits per heavy atom. The van der Waals surface area contributed by atoms with E-state index in [1.807, 2.05) is 12.1 Å². The van der Waals surface area contributed by atoms with Gasteiger partial charge < -0.3 is 0 Å². The lowest BCUT2D eigenvalue weighted by Crippen LogP contribution is -2.03. The van der Waals surface area contributed by atoms with E-state index in [9.17, 15) is 0 Å². The third kappa shape index (κ3) is 3.41. The molecule has 0 aromatic heterocycles. The normalized spacial score (nSPS) is 11.0. The van der Waals surface area contributed by atoms with E-state index in [4.69, 9.17) is 7.85 Å². The molecule has 23 heavy (non-hydrogen) atoms. The predicted octanol–water partition coefficient (Wildman–Crippen LogP) is 5.30. The zero-order chi connectivity index (χ0) is 16.4. The van der Waals surface area contributed by atoms with Crippen LogP contribution in [0.15, 0.2) is 66.7 Å². The lowest BCUT2D eigenvalue weighted by atomic mass is 9.87. The minimum absolute atomic E-state index is 0.380. The van der Waals surface area contributed by atoms with Gasteiger partial charge in [-0.05, 0) is 64.4 Å². The molecule has 4 aromatic carbocycles. The molecule has 0 aliphatic heterocycles. The van der Waals surface area contributed by atoms with E-state index >= 15 is 0 Å². The van der Waals surface area contributed by atoms with Crippen molar-refractivity contribution in [1.82, 2.24) is 0 Å². The van der Waals surface area contributed by atoms with Crippen LogP contribution in [0.1, 0.15) is 0 Å². The van der Waals surface area contributed by atoms with Crippen molar-refractivity contribution in [3.05, 3.63) is 66.7 Å². The largest absolute Gasteiger partial charge is 0.116 e. The van der Waals surface area contributed by atoms with Gasteiger partial charge in [0.05, 0.1) is 0 Å². The van der Waals surface area contributed by atoms with Gasteiger partial charge in [0.25, 0.3) is 0 Å². The van der Waals surface area contributed by atoms with Crippen LogP contribution in [0.25, 0.3) is 32.3 Å². The van der Waals surface area contributed by atoms with Crippen molar-refractivity contribution in [2.45, 2.75) is 0 Å². The molecule has 0 fully saturated rings. The number of hydrogen-bond acceptors (Lipinski definition) is 0. The lowest BCUT2D eigenvalue weighted by Gasteiger charge is -2.09. The van der Waals surface area contributed by atoms with E-state index in [1.54, 1.807) is 0 Å². The van der Waals surface area contributed by atoms with Crippen LogP contribution >= 0.6 is 7.92 Å². The summed E-state index contributed by atoms with van der Waals surface area (Å²) >= 11 is 0. The zero-order valence-corrected chi connectivity index (χ0v) is 14.8. The molecule has 0 atom stereocenters. The van der Waals surface area contributed by atoms with Gasteiger partial charge in [0.2, 0.25) is 0 Å². The molecular weight excluding hydrogens is 294 g/mol. The Bertz CT molecular complexity index is 970. The van der Waals surface area contributed by atoms with Gasteiger partial charge in [0.15, 0.2) is 0 Å². The Labute approximate surface area is 140 Å². The molecule has 0 spiro atoms. The van der Waals surface area contributed by atoms with Crippen molar-refractivity contribution in [1.29, 1.82) is 0 Å². The molecule has 2 radical (unpaired) electrons. The fourth-order valence-electron chi connectivity index (χ4n) is 2.83. The minimum Gasteiger partial charge on any atom is -0.116 e. The second kappa shape index (κ2) is 6.73. The summed E-state index contributed by atoms with van der Waals surface area (Å²) in [5.41, 5.74) is 0.846. The van der Waals surface area contributed by atoms with Crippen molar-refractivity contribution >= 4 is 53.5 Å². The average Bonchev–Trinajstić information content (AvgIpc) is 2.52. The Hall–Kier alpha value is -1.85. The fraction of sp³-hybridized carbons (Fsp3) is 0.143. The van der Waals surface area contributed by atoms with E-state index in [0.29, 0.717) is 7.92 Å². The molecule has 4 aromatic rings. The van der Waals surface area contributed by atoms with E-state index in [0.717, 1.165) is 10.8 Å². The molecule has 0 bridgehead atoms. The maximum absolute atomic E-state index is 6.17. The van der Waals surface area contributed by atoms with Crippen molar-refractivity contribution < 1.29 is 0 Å². The third-order valence-electron chi connectivity index (χ3n) is 3.76. The molecule has 0 nitrogen and oxygen atoms in total. The van der Waals surface area contributed by atoms with Crippen LogP contribution in [0.3, 0.4) is 0 Å². The van der Waals surface area contributed by atoms with Gasteiger partial charge in [-0.15, -0.1) is 7.92 Å². The third-order valence-corrected chi connectivity index (χ3v) is 3.76. The molecule has 0 heterocycles. The van der Waals surface area contributed by atoms with Gasteiger partial charge in [-0.3, -0.25) is 0 Å². The number of benzene rings is 4. The highest BCUT2D eigenvalue weighted by Crippen LogP contribution is 2.28. The summed E-state index contributed by atoms with van der Waals surface area (Å²) in [6.45, 7) is 6.69. The Morgan fingerprint density at radius 3 is 1.91 bits per heavy atom. The molecule has 4 rings (SSSR count). The highest BCUT2D eigenvalue weighted by atomic mass is 31.1. The van der Waals surface area contributed by atoms with E-state index in [2.05, 4.69) is 74.6 Å². The van der Waals surface area contributed by atoms with Gasteiger partial charge in [-0.2, -0.15) is 0 Å². The zero-order valence-electron chi connectivity index (χ0n) is 13.9. The van der Waals surface area contributed by atoms with Crippen LogP contribution in [0.2, 0.25) is 0 Å². The fourth-order valence-corrected chi connectivity index (χ4v) is 2.83. The molecule has 0 N–H and O–H groups in total. The van der Waals surface area contributed by atoms with Crippen LogP contribution < -0.4 is 5.46 Å². The SMILES string of the molecule is CP(C)C.[B]c1cccc2ccc3cc4ccccc4cc3c12. The number of fused-ring (bicyclic) bond motifs is 4. The minimum atomic E-state index is 0.380. The Kier molecular flexibility index (Phi) is 4.69. The standard InChI is InChI=1S/C18H11B.C3H9P/c19-17-7-3-6-12-8-9-15-10-13-4-1-2-5-14(13)11-16(15)18(12)17;1-4(2)3/h1-11H;1-3H3. The van der Waals surface area contributed by atoms with Gasteiger partial charge in [-0.25, -0.2) is 0 Å². The number of hydrogen-bond donors (Lipinski definition) is 0. The van der Waals surface area contributed by atoms with Crippen LogP contribution in [-0.2, 0) is 0 Å². The van der Waals surface area contributed by atoms with Crippen LogP contribution in [-0.4, -0.2) is 27.8 Å². The van der Waals surface area contributed by atoms with Crippen molar-refractivity contribution in [3.63, 3.8) is 0 Å². The van der Waals surface area contributed by atoms with Crippen molar-refractivity contribution in [3.8, 4) is 0 Å². The maximum atomic E-state index is 6.17. The van der Waals surface area contributed by atoms with Gasteiger partial charge in [-0.1, -0.05) is 60.1 Å². The summed E-state index contributed by atoms with van der Waals surface area (Å²) in [5, 5.41) is 7.35. The Morgan fingerprint density at radius 2 is 1.22 bits per heavy atom. The summed E-state index contributed by atoms with van der Waals surface area (Å²) in [7, 11) is 6.55. The molecule has 0 amide bonds. The molecule has 0 saturated heterocycles. The molecule has 0 aliphatic carbocycles. The molecule has 112 valence electrons. The van der Waals surface area contributed by atoms with E-state index in [-0.39, 0.29) is 0 Å². The predicted molar refractivity (Wildman–Crippen MR) is 109 cm³/mol. The summed E-state index contributed by atoms with van der Waals surface area (Å²) < 4.78 is 0. The molecule has 2 heteroatoms. The second-order valence-electron chi connectivity index (χ2n) is 6.27. The molecule has 0 unspecified atom stereocenters. The lowest BCUT2D eigenvalue weighted by molar-refractivity contribution is 1.79. The molecule has 0 aliphatic rings. The van der Waals surface area contributed by atoms with Gasteiger partial charge in [0.1, 0.15) is 7.85 Å². The van der Waals surface area contributed by atoms with Gasteiger partial charge in [0, 0.05) is 0 Å². The maximum Gasteiger partial charge on any atom is 0.114 e. The monoisotopic (exact) mass is 314 g/mol. The summed E-state index contributed by atoms with van der Waals surface area (Å²) in [4.78, 5) is 0. The highest BCUT2D eigenvalue weighted by Gasteiger charge is 2.04.